The van der Waals surface area contributed by atoms with Gasteiger partial charge in [-0.3, -0.25) is 0 Å². The first-order chi connectivity index (χ1) is 8.58. The van der Waals surface area contributed by atoms with E-state index in [0.29, 0.717) is 22.4 Å². The molecule has 98 valence electrons. The molecule has 1 aliphatic carbocycles. The summed E-state index contributed by atoms with van der Waals surface area (Å²) >= 11 is 10.9. The van der Waals surface area contributed by atoms with E-state index in [4.69, 9.17) is 34.3 Å². The lowest BCUT2D eigenvalue weighted by molar-refractivity contribution is 0.231. The van der Waals surface area contributed by atoms with Gasteiger partial charge in [0.2, 0.25) is 0 Å². The zero-order valence-corrected chi connectivity index (χ0v) is 11.9. The van der Waals surface area contributed by atoms with Crippen molar-refractivity contribution in [2.45, 2.75) is 18.9 Å². The summed E-state index contributed by atoms with van der Waals surface area (Å²) in [5.41, 5.74) is 6.39. The highest BCUT2D eigenvalue weighted by Gasteiger charge is 2.25. The predicted octanol–water partition coefficient (Wildman–Crippen LogP) is 2.45. The number of halogens is 1. The van der Waals surface area contributed by atoms with Crippen molar-refractivity contribution in [1.29, 1.82) is 0 Å². The van der Waals surface area contributed by atoms with Gasteiger partial charge >= 0.3 is 0 Å². The SMILES string of the molecule is CN(CCOc1cc(Cl)ccc1C(N)=S)C1CC1. The van der Waals surface area contributed by atoms with E-state index in [1.165, 1.54) is 12.8 Å². The Balaban J connectivity index is 1.94. The average Bonchev–Trinajstić information content (AvgIpc) is 3.12. The fraction of sp³-hybridized carbons (Fsp3) is 0.462. The van der Waals surface area contributed by atoms with Gasteiger partial charge in [0.15, 0.2) is 0 Å². The summed E-state index contributed by atoms with van der Waals surface area (Å²) in [5, 5.41) is 0.626. The van der Waals surface area contributed by atoms with Crippen molar-refractivity contribution in [1.82, 2.24) is 4.90 Å². The molecule has 0 spiro atoms. The monoisotopic (exact) mass is 284 g/mol. The summed E-state index contributed by atoms with van der Waals surface area (Å²) in [5.74, 6) is 0.666. The molecule has 0 unspecified atom stereocenters. The van der Waals surface area contributed by atoms with Crippen molar-refractivity contribution >= 4 is 28.8 Å². The molecule has 1 aromatic carbocycles. The molecule has 2 rings (SSSR count). The Morgan fingerprint density at radius 2 is 2.28 bits per heavy atom. The van der Waals surface area contributed by atoms with Gasteiger partial charge in [-0.15, -0.1) is 0 Å². The molecule has 0 saturated heterocycles. The molecule has 0 heterocycles. The van der Waals surface area contributed by atoms with Crippen LogP contribution in [-0.2, 0) is 0 Å². The summed E-state index contributed by atoms with van der Waals surface area (Å²) in [6, 6.07) is 6.06. The second-order valence-electron chi connectivity index (χ2n) is 4.56. The van der Waals surface area contributed by atoms with E-state index >= 15 is 0 Å². The van der Waals surface area contributed by atoms with Crippen molar-refractivity contribution in [3.8, 4) is 5.75 Å². The van der Waals surface area contributed by atoms with E-state index in [1.807, 2.05) is 0 Å². The van der Waals surface area contributed by atoms with Gasteiger partial charge in [0.1, 0.15) is 17.3 Å². The molecule has 1 saturated carbocycles. The highest BCUT2D eigenvalue weighted by molar-refractivity contribution is 7.80. The number of thiocarbonyl (C=S) groups is 1. The van der Waals surface area contributed by atoms with Crippen LogP contribution in [0.15, 0.2) is 18.2 Å². The summed E-state index contributed by atoms with van der Waals surface area (Å²) in [7, 11) is 2.12. The Morgan fingerprint density at radius 3 is 2.89 bits per heavy atom. The van der Waals surface area contributed by atoms with E-state index in [9.17, 15) is 0 Å². The summed E-state index contributed by atoms with van der Waals surface area (Å²) in [6.45, 7) is 1.51. The van der Waals surface area contributed by atoms with Gasteiger partial charge in [0, 0.05) is 17.6 Å². The molecule has 0 bridgehead atoms. The van der Waals surface area contributed by atoms with E-state index in [2.05, 4.69) is 11.9 Å². The Bertz CT molecular complexity index is 449. The molecule has 1 fully saturated rings. The summed E-state index contributed by atoms with van der Waals surface area (Å²) in [4.78, 5) is 2.64. The highest BCUT2D eigenvalue weighted by Crippen LogP contribution is 2.26. The molecule has 18 heavy (non-hydrogen) atoms. The van der Waals surface area contributed by atoms with E-state index in [-0.39, 0.29) is 0 Å². The molecule has 3 nitrogen and oxygen atoms in total. The second-order valence-corrected chi connectivity index (χ2v) is 5.44. The maximum absolute atomic E-state index is 5.95. The van der Waals surface area contributed by atoms with Crippen LogP contribution in [0.3, 0.4) is 0 Å². The quantitative estimate of drug-likeness (QED) is 0.815. The molecule has 2 N–H and O–H groups in total. The summed E-state index contributed by atoms with van der Waals surface area (Å²) < 4.78 is 5.73. The largest absolute Gasteiger partial charge is 0.491 e. The van der Waals surface area contributed by atoms with Crippen LogP contribution in [-0.4, -0.2) is 36.1 Å². The number of likely N-dealkylation sites (N-methyl/N-ethyl adjacent to an activating group) is 1. The van der Waals surface area contributed by atoms with Crippen LogP contribution in [0.5, 0.6) is 5.75 Å². The third-order valence-electron chi connectivity index (χ3n) is 3.08. The minimum Gasteiger partial charge on any atom is -0.491 e. The number of ether oxygens (including phenoxy) is 1. The third-order valence-corrected chi connectivity index (χ3v) is 3.54. The van der Waals surface area contributed by atoms with Crippen LogP contribution in [0.25, 0.3) is 0 Å². The lowest BCUT2D eigenvalue weighted by atomic mass is 10.2. The number of hydrogen-bond donors (Lipinski definition) is 1. The van der Waals surface area contributed by atoms with Crippen LogP contribution in [0.2, 0.25) is 5.02 Å². The maximum Gasteiger partial charge on any atom is 0.131 e. The zero-order chi connectivity index (χ0) is 13.1. The molecule has 1 aromatic rings. The Labute approximate surface area is 118 Å². The van der Waals surface area contributed by atoms with Gasteiger partial charge < -0.3 is 15.4 Å². The highest BCUT2D eigenvalue weighted by atomic mass is 35.5. The van der Waals surface area contributed by atoms with Crippen LogP contribution < -0.4 is 10.5 Å². The number of nitrogens with two attached hydrogens (primary N) is 1. The van der Waals surface area contributed by atoms with Crippen molar-refractivity contribution in [3.05, 3.63) is 28.8 Å². The Hall–Kier alpha value is -0.840. The topological polar surface area (TPSA) is 38.5 Å². The summed E-state index contributed by atoms with van der Waals surface area (Å²) in [6.07, 6.45) is 2.59. The van der Waals surface area contributed by atoms with Crippen molar-refractivity contribution in [3.63, 3.8) is 0 Å². The predicted molar refractivity (Wildman–Crippen MR) is 78.5 cm³/mol. The van der Waals surface area contributed by atoms with Crippen molar-refractivity contribution < 1.29 is 4.74 Å². The van der Waals surface area contributed by atoms with Gasteiger partial charge in [-0.05, 0) is 38.1 Å². The minimum atomic E-state index is 0.331. The maximum atomic E-state index is 5.95. The molecule has 0 radical (unpaired) electrons. The van der Waals surface area contributed by atoms with Gasteiger partial charge in [-0.2, -0.15) is 0 Å². The average molecular weight is 285 g/mol. The van der Waals surface area contributed by atoms with Gasteiger partial charge in [-0.1, -0.05) is 23.8 Å². The molecular formula is C13H17ClN2OS. The first-order valence-corrected chi connectivity index (χ1v) is 6.79. The van der Waals surface area contributed by atoms with Crippen molar-refractivity contribution in [2.75, 3.05) is 20.2 Å². The fourth-order valence-electron chi connectivity index (χ4n) is 1.82. The van der Waals surface area contributed by atoms with Crippen molar-refractivity contribution in [2.24, 2.45) is 5.73 Å². The normalized spacial score (nSPS) is 14.8. The molecule has 1 aliphatic rings. The van der Waals surface area contributed by atoms with E-state index < -0.39 is 0 Å². The van der Waals surface area contributed by atoms with E-state index in [0.717, 1.165) is 18.2 Å². The lowest BCUT2D eigenvalue weighted by Gasteiger charge is -2.17. The van der Waals surface area contributed by atoms with Gasteiger partial charge in [0.25, 0.3) is 0 Å². The number of benzene rings is 1. The molecule has 5 heteroatoms. The smallest absolute Gasteiger partial charge is 0.131 e. The van der Waals surface area contributed by atoms with Crippen LogP contribution in [0, 0.1) is 0 Å². The molecule has 0 aromatic heterocycles. The molecule has 0 atom stereocenters. The van der Waals surface area contributed by atoms with Gasteiger partial charge in [0.05, 0.1) is 5.56 Å². The standard InChI is InChI=1S/C13H17ClN2OS/c1-16(10-3-4-10)6-7-17-12-8-9(14)2-5-11(12)13(15)18/h2,5,8,10H,3-4,6-7H2,1H3,(H2,15,18). The first kappa shape index (κ1) is 13.6. The number of nitrogens with zero attached hydrogens (tertiary/aromatic N) is 1. The molecular weight excluding hydrogens is 268 g/mol. The second kappa shape index (κ2) is 5.87. The lowest BCUT2D eigenvalue weighted by Crippen LogP contribution is -2.26. The Morgan fingerprint density at radius 1 is 1.56 bits per heavy atom. The molecule has 0 amide bonds. The van der Waals surface area contributed by atoms with Crippen LogP contribution in [0.4, 0.5) is 0 Å². The Kier molecular flexibility index (Phi) is 4.43. The van der Waals surface area contributed by atoms with Crippen LogP contribution >= 0.6 is 23.8 Å². The third kappa shape index (κ3) is 3.57. The minimum absolute atomic E-state index is 0.331. The van der Waals surface area contributed by atoms with E-state index in [1.54, 1.807) is 18.2 Å². The fourth-order valence-corrected chi connectivity index (χ4v) is 2.15. The first-order valence-electron chi connectivity index (χ1n) is 6.00. The molecule has 0 aliphatic heterocycles. The number of rotatable bonds is 6. The van der Waals surface area contributed by atoms with Gasteiger partial charge in [-0.25, -0.2) is 0 Å². The number of hydrogen-bond acceptors (Lipinski definition) is 3. The zero-order valence-electron chi connectivity index (χ0n) is 10.4. The van der Waals surface area contributed by atoms with Crippen LogP contribution in [0.1, 0.15) is 18.4 Å².